The van der Waals surface area contributed by atoms with E-state index in [0.717, 1.165) is 29.7 Å². The molecule has 0 saturated heterocycles. The topological polar surface area (TPSA) is 51.1 Å². The van der Waals surface area contributed by atoms with E-state index in [1.165, 1.54) is 12.1 Å². The van der Waals surface area contributed by atoms with Crippen LogP contribution in [0, 0.1) is 11.7 Å². The van der Waals surface area contributed by atoms with E-state index in [2.05, 4.69) is 5.16 Å². The smallest absolute Gasteiger partial charge is 0.226 e. The first kappa shape index (κ1) is 18.5. The van der Waals surface area contributed by atoms with Crippen molar-refractivity contribution in [1.82, 2.24) is 4.90 Å². The van der Waals surface area contributed by atoms with Crippen LogP contribution in [-0.4, -0.2) is 36.3 Å². The monoisotopic (exact) mass is 382 g/mol. The van der Waals surface area contributed by atoms with Crippen LogP contribution in [0.25, 0.3) is 0 Å². The minimum atomic E-state index is -0.299. The number of amides is 1. The molecule has 1 aliphatic carbocycles. The number of ether oxygens (including phenoxy) is 1. The Morgan fingerprint density at radius 1 is 1.25 bits per heavy atom. The second kappa shape index (κ2) is 8.00. The highest BCUT2D eigenvalue weighted by atomic mass is 19.1. The Bertz CT molecular complexity index is 895. The van der Waals surface area contributed by atoms with Crippen molar-refractivity contribution in [3.05, 3.63) is 65.5 Å². The van der Waals surface area contributed by atoms with Crippen LogP contribution in [0.5, 0.6) is 5.75 Å². The Labute approximate surface area is 163 Å². The lowest BCUT2D eigenvalue weighted by molar-refractivity contribution is -0.135. The van der Waals surface area contributed by atoms with E-state index in [0.29, 0.717) is 25.2 Å². The Kier molecular flexibility index (Phi) is 5.28. The molecule has 1 saturated carbocycles. The van der Waals surface area contributed by atoms with Crippen molar-refractivity contribution >= 4 is 11.6 Å². The summed E-state index contributed by atoms with van der Waals surface area (Å²) in [6.45, 7) is 0.955. The first-order valence-electron chi connectivity index (χ1n) is 9.52. The van der Waals surface area contributed by atoms with Crippen LogP contribution in [0.4, 0.5) is 4.39 Å². The highest BCUT2D eigenvalue weighted by Gasteiger charge is 2.35. The second-order valence-electron chi connectivity index (χ2n) is 7.32. The molecule has 2 aromatic rings. The molecule has 28 heavy (non-hydrogen) atoms. The van der Waals surface area contributed by atoms with Gasteiger partial charge in [0.1, 0.15) is 11.6 Å². The van der Waals surface area contributed by atoms with Gasteiger partial charge in [-0.1, -0.05) is 29.4 Å². The minimum Gasteiger partial charge on any atom is -0.497 e. The molecular weight excluding hydrogens is 359 g/mol. The van der Waals surface area contributed by atoms with E-state index in [1.54, 1.807) is 13.2 Å². The molecule has 1 aliphatic heterocycles. The van der Waals surface area contributed by atoms with Gasteiger partial charge in [0.15, 0.2) is 6.10 Å². The molecule has 5 nitrogen and oxygen atoms in total. The van der Waals surface area contributed by atoms with E-state index < -0.39 is 0 Å². The third-order valence-electron chi connectivity index (χ3n) is 5.06. The van der Waals surface area contributed by atoms with E-state index in [-0.39, 0.29) is 23.7 Å². The molecule has 0 unspecified atom stereocenters. The van der Waals surface area contributed by atoms with Gasteiger partial charge in [-0.05, 0) is 42.7 Å². The number of oxime groups is 1. The Morgan fingerprint density at radius 2 is 2.07 bits per heavy atom. The van der Waals surface area contributed by atoms with Gasteiger partial charge >= 0.3 is 0 Å². The summed E-state index contributed by atoms with van der Waals surface area (Å²) >= 11 is 0. The predicted octanol–water partition coefficient (Wildman–Crippen LogP) is 3.77. The molecule has 146 valence electrons. The maximum atomic E-state index is 13.5. The number of benzene rings is 2. The standard InChI is InChI=1S/C22H23FN2O3/c1-27-19-7-2-4-15(10-19)13-25(22(26)16-8-9-16)14-20-12-21(24-28-20)17-5-3-6-18(23)11-17/h2-7,10-11,16,20H,8-9,12-14H2,1H3/t20-/m1/s1. The molecule has 0 radical (unpaired) electrons. The molecule has 1 amide bonds. The SMILES string of the molecule is COc1cccc(CN(C[C@H]2CC(c3cccc(F)c3)=NO2)C(=O)C2CC2)c1. The lowest BCUT2D eigenvalue weighted by Crippen LogP contribution is -2.38. The lowest BCUT2D eigenvalue weighted by Gasteiger charge is -2.25. The molecule has 6 heteroatoms. The third-order valence-corrected chi connectivity index (χ3v) is 5.06. The van der Waals surface area contributed by atoms with Crippen LogP contribution in [-0.2, 0) is 16.2 Å². The zero-order valence-corrected chi connectivity index (χ0v) is 15.8. The first-order valence-corrected chi connectivity index (χ1v) is 9.52. The molecule has 2 aromatic carbocycles. The molecule has 1 atom stereocenters. The van der Waals surface area contributed by atoms with Crippen molar-refractivity contribution in [1.29, 1.82) is 0 Å². The fourth-order valence-electron chi connectivity index (χ4n) is 3.42. The summed E-state index contributed by atoms with van der Waals surface area (Å²) in [5.74, 6) is 0.749. The van der Waals surface area contributed by atoms with Gasteiger partial charge < -0.3 is 14.5 Å². The molecular formula is C22H23FN2O3. The third kappa shape index (κ3) is 4.32. The molecule has 2 aliphatic rings. The number of carbonyl (C=O) groups excluding carboxylic acids is 1. The summed E-state index contributed by atoms with van der Waals surface area (Å²) < 4.78 is 18.8. The maximum absolute atomic E-state index is 13.5. The van der Waals surface area contributed by atoms with Crippen LogP contribution in [0.1, 0.15) is 30.4 Å². The maximum Gasteiger partial charge on any atom is 0.226 e. The minimum absolute atomic E-state index is 0.121. The molecule has 1 fully saturated rings. The number of methoxy groups -OCH3 is 1. The largest absolute Gasteiger partial charge is 0.497 e. The van der Waals surface area contributed by atoms with Crippen molar-refractivity contribution in [2.75, 3.05) is 13.7 Å². The Morgan fingerprint density at radius 3 is 2.82 bits per heavy atom. The summed E-state index contributed by atoms with van der Waals surface area (Å²) in [5.41, 5.74) is 2.44. The van der Waals surface area contributed by atoms with Crippen LogP contribution in [0.2, 0.25) is 0 Å². The van der Waals surface area contributed by atoms with Crippen LogP contribution in [0.15, 0.2) is 53.7 Å². The van der Waals surface area contributed by atoms with E-state index in [4.69, 9.17) is 9.57 Å². The fraction of sp³-hybridized carbons (Fsp3) is 0.364. The van der Waals surface area contributed by atoms with Crippen molar-refractivity contribution < 1.29 is 18.8 Å². The number of carbonyl (C=O) groups is 1. The summed E-state index contributed by atoms with van der Waals surface area (Å²) in [6, 6.07) is 14.1. The number of hydrogen-bond donors (Lipinski definition) is 0. The number of rotatable bonds is 7. The summed E-state index contributed by atoms with van der Waals surface area (Å²) in [7, 11) is 1.63. The van der Waals surface area contributed by atoms with Gasteiger partial charge in [-0.25, -0.2) is 4.39 Å². The molecule has 0 N–H and O–H groups in total. The van der Waals surface area contributed by atoms with Crippen LogP contribution >= 0.6 is 0 Å². The Balaban J connectivity index is 1.44. The molecule has 1 heterocycles. The first-order chi connectivity index (χ1) is 13.6. The van der Waals surface area contributed by atoms with Gasteiger partial charge in [0.05, 0.1) is 19.4 Å². The van der Waals surface area contributed by atoms with Gasteiger partial charge in [0.2, 0.25) is 5.91 Å². The van der Waals surface area contributed by atoms with Crippen molar-refractivity contribution in [2.24, 2.45) is 11.1 Å². The van der Waals surface area contributed by atoms with Crippen LogP contribution < -0.4 is 4.74 Å². The molecule has 0 aromatic heterocycles. The number of halogens is 1. The predicted molar refractivity (Wildman–Crippen MR) is 104 cm³/mol. The van der Waals surface area contributed by atoms with Gasteiger partial charge in [0, 0.05) is 24.4 Å². The normalized spacial score (nSPS) is 18.4. The summed E-state index contributed by atoms with van der Waals surface area (Å²) in [5, 5.41) is 4.13. The van der Waals surface area contributed by atoms with Crippen molar-refractivity contribution in [2.45, 2.75) is 31.9 Å². The molecule has 0 bridgehead atoms. The fourth-order valence-corrected chi connectivity index (χ4v) is 3.42. The van der Waals surface area contributed by atoms with E-state index in [9.17, 15) is 9.18 Å². The number of nitrogens with zero attached hydrogens (tertiary/aromatic N) is 2. The van der Waals surface area contributed by atoms with Crippen molar-refractivity contribution in [3.63, 3.8) is 0 Å². The lowest BCUT2D eigenvalue weighted by atomic mass is 10.0. The van der Waals surface area contributed by atoms with Gasteiger partial charge in [0.25, 0.3) is 0 Å². The average Bonchev–Trinajstić information content (AvgIpc) is 3.46. The van der Waals surface area contributed by atoms with Crippen LogP contribution in [0.3, 0.4) is 0 Å². The zero-order chi connectivity index (χ0) is 19.5. The van der Waals surface area contributed by atoms with Gasteiger partial charge in [-0.15, -0.1) is 0 Å². The van der Waals surface area contributed by atoms with E-state index in [1.807, 2.05) is 35.2 Å². The highest BCUT2D eigenvalue weighted by molar-refractivity contribution is 6.01. The summed E-state index contributed by atoms with van der Waals surface area (Å²) in [6.07, 6.45) is 2.22. The van der Waals surface area contributed by atoms with E-state index >= 15 is 0 Å². The quantitative estimate of drug-likeness (QED) is 0.733. The highest BCUT2D eigenvalue weighted by Crippen LogP contribution is 2.32. The van der Waals surface area contributed by atoms with Crippen molar-refractivity contribution in [3.8, 4) is 5.75 Å². The molecule has 4 rings (SSSR count). The Hall–Kier alpha value is -2.89. The zero-order valence-electron chi connectivity index (χ0n) is 15.8. The van der Waals surface area contributed by atoms with Gasteiger partial charge in [-0.2, -0.15) is 0 Å². The number of hydrogen-bond acceptors (Lipinski definition) is 4. The molecule has 0 spiro atoms. The summed E-state index contributed by atoms with van der Waals surface area (Å²) in [4.78, 5) is 20.2. The second-order valence-corrected chi connectivity index (χ2v) is 7.32. The van der Waals surface area contributed by atoms with Gasteiger partial charge in [-0.3, -0.25) is 4.79 Å². The average molecular weight is 382 g/mol.